The molecule has 130 valence electrons. The maximum atomic E-state index is 6.29. The van der Waals surface area contributed by atoms with Crippen LogP contribution in [0.25, 0.3) is 11.1 Å². The summed E-state index contributed by atoms with van der Waals surface area (Å²) in [6.45, 7) is 0. The highest BCUT2D eigenvalue weighted by Crippen LogP contribution is 2.61. The fraction of sp³-hybridized carbons (Fsp3) is 0.0400. The van der Waals surface area contributed by atoms with E-state index in [1.807, 2.05) is 12.1 Å². The number of ether oxygens (including phenoxy) is 1. The molecule has 1 aliphatic carbocycles. The lowest BCUT2D eigenvalue weighted by molar-refractivity contribution is 0.436. The highest BCUT2D eigenvalue weighted by molar-refractivity contribution is 5.88. The lowest BCUT2D eigenvalue weighted by atomic mass is 9.66. The number of fused-ring (bicyclic) bond motifs is 9. The van der Waals surface area contributed by atoms with E-state index in [1.165, 1.54) is 33.4 Å². The summed E-state index contributed by atoms with van der Waals surface area (Å²) in [5.41, 5.74) is 7.42. The van der Waals surface area contributed by atoms with Crippen molar-refractivity contribution >= 4 is 12.4 Å². The van der Waals surface area contributed by atoms with Crippen molar-refractivity contribution in [1.29, 1.82) is 0 Å². The van der Waals surface area contributed by atoms with Crippen LogP contribution in [0.15, 0.2) is 97.1 Å². The van der Waals surface area contributed by atoms with Crippen molar-refractivity contribution in [2.24, 2.45) is 0 Å². The lowest BCUT2D eigenvalue weighted by Crippen LogP contribution is -2.32. The Morgan fingerprint density at radius 2 is 0.815 bits per heavy atom. The first-order valence-electron chi connectivity index (χ1n) is 8.97. The third-order valence-corrected chi connectivity index (χ3v) is 5.75. The first-order chi connectivity index (χ1) is 12.9. The van der Waals surface area contributed by atoms with Crippen molar-refractivity contribution in [1.82, 2.24) is 0 Å². The highest BCUT2D eigenvalue weighted by Gasteiger charge is 2.50. The lowest BCUT2D eigenvalue weighted by Gasteiger charge is -2.39. The van der Waals surface area contributed by atoms with Crippen LogP contribution in [0.4, 0.5) is 0 Å². The summed E-state index contributed by atoms with van der Waals surface area (Å²) >= 11 is 0. The van der Waals surface area contributed by atoms with Gasteiger partial charge in [-0.15, -0.1) is 12.4 Å². The van der Waals surface area contributed by atoms with E-state index in [0.717, 1.165) is 11.5 Å². The van der Waals surface area contributed by atoms with Crippen molar-refractivity contribution in [3.8, 4) is 22.6 Å². The molecule has 1 aliphatic heterocycles. The zero-order valence-electron chi connectivity index (χ0n) is 14.6. The average Bonchev–Trinajstić information content (AvgIpc) is 3.00. The van der Waals surface area contributed by atoms with Crippen LogP contribution in [0.5, 0.6) is 11.5 Å². The number of hydrogen-bond acceptors (Lipinski definition) is 1. The number of halogens is 1. The van der Waals surface area contributed by atoms with Gasteiger partial charge in [0, 0.05) is 11.1 Å². The van der Waals surface area contributed by atoms with Crippen molar-refractivity contribution in [2.75, 3.05) is 0 Å². The van der Waals surface area contributed by atoms with Gasteiger partial charge in [-0.3, -0.25) is 0 Å². The molecule has 0 aromatic heterocycles. The SMILES string of the molecule is Cl.c1ccc2c(c1)Oc1ccccc1C21c2ccccc2-c2ccccc21. The van der Waals surface area contributed by atoms with Gasteiger partial charge in [-0.2, -0.15) is 0 Å². The van der Waals surface area contributed by atoms with Crippen molar-refractivity contribution < 1.29 is 4.74 Å². The summed E-state index contributed by atoms with van der Waals surface area (Å²) in [6.07, 6.45) is 0. The van der Waals surface area contributed by atoms with E-state index < -0.39 is 0 Å². The standard InChI is InChI=1S/C25H16O.ClH/c1-3-11-19-17(9-1)18-10-2-4-12-20(18)25(19)21-13-5-7-15-23(21)26-24-16-8-6-14-22(24)25;/h1-16H;1H. The summed E-state index contributed by atoms with van der Waals surface area (Å²) in [5.74, 6) is 1.88. The summed E-state index contributed by atoms with van der Waals surface area (Å²) < 4.78 is 6.29. The van der Waals surface area contributed by atoms with E-state index in [0.29, 0.717) is 0 Å². The van der Waals surface area contributed by atoms with Crippen molar-refractivity contribution in [3.05, 3.63) is 119 Å². The molecule has 0 amide bonds. The van der Waals surface area contributed by atoms with Crippen molar-refractivity contribution in [2.45, 2.75) is 5.41 Å². The molecule has 0 saturated carbocycles. The first kappa shape index (κ1) is 16.2. The van der Waals surface area contributed by atoms with Gasteiger partial charge in [0.05, 0.1) is 5.41 Å². The Morgan fingerprint density at radius 1 is 0.444 bits per heavy atom. The first-order valence-corrected chi connectivity index (χ1v) is 8.97. The van der Waals surface area contributed by atoms with Crippen LogP contribution in [0.2, 0.25) is 0 Å². The Balaban J connectivity index is 0.00000160. The molecular formula is C25H17ClO. The van der Waals surface area contributed by atoms with Gasteiger partial charge in [0.1, 0.15) is 11.5 Å². The third-order valence-electron chi connectivity index (χ3n) is 5.75. The number of rotatable bonds is 0. The maximum absolute atomic E-state index is 6.29. The monoisotopic (exact) mass is 368 g/mol. The van der Waals surface area contributed by atoms with Gasteiger partial charge in [-0.05, 0) is 34.4 Å². The Labute approximate surface area is 164 Å². The van der Waals surface area contributed by atoms with E-state index in [-0.39, 0.29) is 17.8 Å². The summed E-state index contributed by atoms with van der Waals surface area (Å²) in [5, 5.41) is 0. The van der Waals surface area contributed by atoms with E-state index in [9.17, 15) is 0 Å². The quantitative estimate of drug-likeness (QED) is 0.294. The second-order valence-corrected chi connectivity index (χ2v) is 6.94. The van der Waals surface area contributed by atoms with E-state index in [1.54, 1.807) is 0 Å². The smallest absolute Gasteiger partial charge is 0.132 e. The molecule has 2 heteroatoms. The molecule has 0 saturated heterocycles. The highest BCUT2D eigenvalue weighted by atomic mass is 35.5. The second kappa shape index (κ2) is 5.73. The predicted octanol–water partition coefficient (Wildman–Crippen LogP) is 6.58. The molecule has 2 aliphatic rings. The molecule has 1 nitrogen and oxygen atoms in total. The van der Waals surface area contributed by atoms with Crippen LogP contribution in [0, 0.1) is 0 Å². The molecular weight excluding hydrogens is 352 g/mol. The Bertz CT molecular complexity index is 1090. The number of hydrogen-bond donors (Lipinski definition) is 0. The van der Waals surface area contributed by atoms with Crippen LogP contribution < -0.4 is 4.74 Å². The van der Waals surface area contributed by atoms with E-state index in [4.69, 9.17) is 4.74 Å². The Kier molecular flexibility index (Phi) is 3.43. The second-order valence-electron chi connectivity index (χ2n) is 6.94. The van der Waals surface area contributed by atoms with Gasteiger partial charge in [0.2, 0.25) is 0 Å². The molecule has 0 radical (unpaired) electrons. The summed E-state index contributed by atoms with van der Waals surface area (Å²) in [7, 11) is 0. The zero-order chi connectivity index (χ0) is 17.1. The third kappa shape index (κ3) is 1.90. The van der Waals surface area contributed by atoms with Gasteiger partial charge in [-0.25, -0.2) is 0 Å². The minimum Gasteiger partial charge on any atom is -0.457 e. The van der Waals surface area contributed by atoms with Crippen LogP contribution in [0.3, 0.4) is 0 Å². The molecule has 4 aromatic carbocycles. The normalized spacial score (nSPS) is 14.2. The van der Waals surface area contributed by atoms with Crippen LogP contribution in [-0.4, -0.2) is 0 Å². The molecule has 1 heterocycles. The molecule has 0 unspecified atom stereocenters. The minimum atomic E-state index is -0.321. The molecule has 0 bridgehead atoms. The molecule has 6 rings (SSSR count). The molecule has 4 aromatic rings. The molecule has 0 fully saturated rings. The van der Waals surface area contributed by atoms with E-state index >= 15 is 0 Å². The molecule has 1 spiro atoms. The fourth-order valence-electron chi connectivity index (χ4n) is 4.81. The molecule has 0 atom stereocenters. The molecule has 0 N–H and O–H groups in total. The maximum Gasteiger partial charge on any atom is 0.132 e. The van der Waals surface area contributed by atoms with Gasteiger partial charge >= 0.3 is 0 Å². The number of para-hydroxylation sites is 2. The summed E-state index contributed by atoms with van der Waals surface area (Å²) in [6, 6.07) is 34.5. The average molecular weight is 369 g/mol. The Morgan fingerprint density at radius 3 is 1.30 bits per heavy atom. The summed E-state index contributed by atoms with van der Waals surface area (Å²) in [4.78, 5) is 0. The zero-order valence-corrected chi connectivity index (χ0v) is 15.4. The topological polar surface area (TPSA) is 9.23 Å². The van der Waals surface area contributed by atoms with Crippen LogP contribution >= 0.6 is 12.4 Å². The predicted molar refractivity (Wildman–Crippen MR) is 111 cm³/mol. The van der Waals surface area contributed by atoms with E-state index in [2.05, 4.69) is 84.9 Å². The van der Waals surface area contributed by atoms with Gasteiger partial charge in [0.15, 0.2) is 0 Å². The molecule has 27 heavy (non-hydrogen) atoms. The van der Waals surface area contributed by atoms with Crippen LogP contribution in [-0.2, 0) is 5.41 Å². The van der Waals surface area contributed by atoms with Gasteiger partial charge < -0.3 is 4.74 Å². The minimum absolute atomic E-state index is 0. The fourth-order valence-corrected chi connectivity index (χ4v) is 4.81. The Hall–Kier alpha value is -3.03. The van der Waals surface area contributed by atoms with Gasteiger partial charge in [0.25, 0.3) is 0 Å². The van der Waals surface area contributed by atoms with Crippen LogP contribution in [0.1, 0.15) is 22.3 Å². The van der Waals surface area contributed by atoms with Crippen molar-refractivity contribution in [3.63, 3.8) is 0 Å². The number of benzene rings is 4. The van der Waals surface area contributed by atoms with Gasteiger partial charge in [-0.1, -0.05) is 84.9 Å². The largest absolute Gasteiger partial charge is 0.457 e.